The monoisotopic (exact) mass is 348 g/mol. The Morgan fingerprint density at radius 2 is 2.13 bits per heavy atom. The fourth-order valence-corrected chi connectivity index (χ4v) is 2.85. The van der Waals surface area contributed by atoms with E-state index >= 15 is 0 Å². The third kappa shape index (κ3) is 4.94. The molecule has 0 unspecified atom stereocenters. The lowest BCUT2D eigenvalue weighted by Crippen LogP contribution is -2.43. The molecule has 128 valence electrons. The number of nitrogens with zero attached hydrogens (tertiary/aromatic N) is 1. The molecule has 0 spiro atoms. The molecule has 2 N–H and O–H groups in total. The molecular formula is C15H19ClF2N2O3. The van der Waals surface area contributed by atoms with Crippen LogP contribution in [0.2, 0.25) is 5.02 Å². The molecule has 8 heteroatoms. The van der Waals surface area contributed by atoms with Gasteiger partial charge in [-0.3, -0.25) is 0 Å². The van der Waals surface area contributed by atoms with Crippen LogP contribution < -0.4 is 10.1 Å². The van der Waals surface area contributed by atoms with Gasteiger partial charge in [-0.15, -0.1) is 0 Å². The maximum absolute atomic E-state index is 12.3. The van der Waals surface area contributed by atoms with Gasteiger partial charge in [0.2, 0.25) is 0 Å². The van der Waals surface area contributed by atoms with E-state index in [1.807, 2.05) is 0 Å². The number of aliphatic hydroxyl groups is 1. The third-order valence-corrected chi connectivity index (χ3v) is 4.12. The van der Waals surface area contributed by atoms with E-state index in [4.69, 9.17) is 11.6 Å². The molecule has 1 aromatic rings. The van der Waals surface area contributed by atoms with Gasteiger partial charge < -0.3 is 20.1 Å². The summed E-state index contributed by atoms with van der Waals surface area (Å²) in [5.41, 5.74) is -0.573. The first-order chi connectivity index (χ1) is 10.8. The van der Waals surface area contributed by atoms with Gasteiger partial charge in [0.25, 0.3) is 0 Å². The Labute approximate surface area is 138 Å². The van der Waals surface area contributed by atoms with Crippen LogP contribution in [0.1, 0.15) is 25.7 Å². The Morgan fingerprint density at radius 1 is 1.48 bits per heavy atom. The lowest BCUT2D eigenvalue weighted by atomic mass is 10.0. The molecule has 1 aromatic carbocycles. The Bertz CT molecular complexity index is 566. The predicted octanol–water partition coefficient (Wildman–Crippen LogP) is 3.71. The molecule has 1 fully saturated rings. The van der Waals surface area contributed by atoms with Crippen molar-refractivity contribution < 1.29 is 23.4 Å². The van der Waals surface area contributed by atoms with Crippen molar-refractivity contribution in [1.82, 2.24) is 4.90 Å². The first-order valence-corrected chi connectivity index (χ1v) is 7.66. The minimum Gasteiger partial charge on any atom is -0.433 e. The Hall–Kier alpha value is -1.60. The fraction of sp³-hybridized carbons (Fsp3) is 0.533. The molecule has 5 nitrogen and oxygen atoms in total. The van der Waals surface area contributed by atoms with Gasteiger partial charge in [0.1, 0.15) is 5.75 Å². The van der Waals surface area contributed by atoms with Crippen molar-refractivity contribution >= 4 is 23.3 Å². The minimum absolute atomic E-state index is 0.0249. The molecule has 2 amide bonds. The van der Waals surface area contributed by atoms with Crippen LogP contribution in [0, 0.1) is 0 Å². The number of alkyl halides is 2. The number of ether oxygens (including phenoxy) is 1. The molecule has 0 saturated heterocycles. The van der Waals surface area contributed by atoms with Crippen LogP contribution in [-0.2, 0) is 0 Å². The zero-order chi connectivity index (χ0) is 17.0. The summed E-state index contributed by atoms with van der Waals surface area (Å²) in [6.45, 7) is -2.79. The standard InChI is InChI=1S/C15H19ClF2N2O3/c1-20(9-15(22)6-2-3-7-15)14(21)19-10-4-5-11(16)12(8-10)23-13(17)18/h4-5,8,13,22H,2-3,6-7,9H2,1H3,(H,19,21). The van der Waals surface area contributed by atoms with Gasteiger partial charge in [0, 0.05) is 18.8 Å². The van der Waals surface area contributed by atoms with Crippen LogP contribution in [0.5, 0.6) is 5.75 Å². The summed E-state index contributed by atoms with van der Waals surface area (Å²) in [7, 11) is 1.57. The van der Waals surface area contributed by atoms with E-state index in [1.165, 1.54) is 23.1 Å². The predicted molar refractivity (Wildman–Crippen MR) is 83.2 cm³/mol. The molecule has 0 radical (unpaired) electrons. The van der Waals surface area contributed by atoms with Crippen LogP contribution >= 0.6 is 11.6 Å². The summed E-state index contributed by atoms with van der Waals surface area (Å²) in [5.74, 6) is -0.212. The van der Waals surface area contributed by atoms with Gasteiger partial charge in [0.05, 0.1) is 17.2 Å². The van der Waals surface area contributed by atoms with E-state index in [0.717, 1.165) is 12.8 Å². The molecule has 0 atom stereocenters. The molecule has 2 rings (SSSR count). The SMILES string of the molecule is CN(CC1(O)CCCC1)C(=O)Nc1ccc(Cl)c(OC(F)F)c1. The number of halogens is 3. The van der Waals surface area contributed by atoms with Gasteiger partial charge in [-0.25, -0.2) is 4.79 Å². The highest BCUT2D eigenvalue weighted by Crippen LogP contribution is 2.31. The van der Waals surface area contributed by atoms with E-state index in [0.29, 0.717) is 12.8 Å². The van der Waals surface area contributed by atoms with Crippen molar-refractivity contribution in [3.63, 3.8) is 0 Å². The van der Waals surface area contributed by atoms with Crippen LogP contribution in [0.15, 0.2) is 18.2 Å². The second-order valence-corrected chi connectivity index (χ2v) is 6.15. The molecule has 1 aliphatic rings. The lowest BCUT2D eigenvalue weighted by Gasteiger charge is -2.28. The molecule has 0 heterocycles. The first-order valence-electron chi connectivity index (χ1n) is 7.28. The van der Waals surface area contributed by atoms with Crippen molar-refractivity contribution in [2.24, 2.45) is 0 Å². The Balaban J connectivity index is 1.99. The van der Waals surface area contributed by atoms with E-state index in [1.54, 1.807) is 7.05 Å². The molecule has 0 bridgehead atoms. The van der Waals surface area contributed by atoms with E-state index in [9.17, 15) is 18.7 Å². The molecule has 1 aliphatic carbocycles. The number of benzene rings is 1. The largest absolute Gasteiger partial charge is 0.433 e. The highest BCUT2D eigenvalue weighted by molar-refractivity contribution is 6.32. The van der Waals surface area contributed by atoms with E-state index in [2.05, 4.69) is 10.1 Å². The van der Waals surface area contributed by atoms with Crippen molar-refractivity contribution in [2.45, 2.75) is 37.9 Å². The summed E-state index contributed by atoms with van der Waals surface area (Å²) < 4.78 is 28.9. The summed E-state index contributed by atoms with van der Waals surface area (Å²) in [6, 6.07) is 3.62. The Morgan fingerprint density at radius 3 is 2.74 bits per heavy atom. The van der Waals surface area contributed by atoms with Crippen molar-refractivity contribution in [1.29, 1.82) is 0 Å². The number of amides is 2. The lowest BCUT2D eigenvalue weighted by molar-refractivity contribution is -0.0497. The van der Waals surface area contributed by atoms with Gasteiger partial charge in [-0.1, -0.05) is 24.4 Å². The quantitative estimate of drug-likeness (QED) is 0.852. The summed E-state index contributed by atoms with van der Waals surface area (Å²) in [5, 5.41) is 12.9. The molecule has 23 heavy (non-hydrogen) atoms. The normalized spacial score (nSPS) is 16.4. The number of rotatable bonds is 5. The molecule has 0 aliphatic heterocycles. The van der Waals surface area contributed by atoms with Crippen molar-refractivity contribution in [3.8, 4) is 5.75 Å². The van der Waals surface area contributed by atoms with Crippen LogP contribution in [0.3, 0.4) is 0 Å². The Kier molecular flexibility index (Phi) is 5.64. The van der Waals surface area contributed by atoms with Gasteiger partial charge in [-0.05, 0) is 25.0 Å². The zero-order valence-electron chi connectivity index (χ0n) is 12.7. The number of hydrogen-bond donors (Lipinski definition) is 2. The maximum atomic E-state index is 12.3. The average molecular weight is 349 g/mol. The number of nitrogens with one attached hydrogen (secondary N) is 1. The smallest absolute Gasteiger partial charge is 0.387 e. The van der Waals surface area contributed by atoms with Gasteiger partial charge in [0.15, 0.2) is 0 Å². The third-order valence-electron chi connectivity index (χ3n) is 3.81. The second-order valence-electron chi connectivity index (χ2n) is 5.74. The second kappa shape index (κ2) is 7.31. The van der Waals surface area contributed by atoms with Crippen LogP contribution in [-0.4, -0.2) is 41.8 Å². The first kappa shape index (κ1) is 17.7. The average Bonchev–Trinajstić information content (AvgIpc) is 2.88. The summed E-state index contributed by atoms with van der Waals surface area (Å²) in [6.07, 6.45) is 3.21. The van der Waals surface area contributed by atoms with E-state index in [-0.39, 0.29) is 23.0 Å². The van der Waals surface area contributed by atoms with Gasteiger partial charge >= 0.3 is 12.6 Å². The van der Waals surface area contributed by atoms with E-state index < -0.39 is 18.2 Å². The van der Waals surface area contributed by atoms with Gasteiger partial charge in [-0.2, -0.15) is 8.78 Å². The number of urea groups is 1. The molecular weight excluding hydrogens is 330 g/mol. The molecule has 1 saturated carbocycles. The number of anilines is 1. The highest BCUT2D eigenvalue weighted by Gasteiger charge is 2.33. The molecule has 0 aromatic heterocycles. The zero-order valence-corrected chi connectivity index (χ0v) is 13.4. The minimum atomic E-state index is -3.00. The number of carbonyl (C=O) groups is 1. The fourth-order valence-electron chi connectivity index (χ4n) is 2.69. The topological polar surface area (TPSA) is 61.8 Å². The van der Waals surface area contributed by atoms with Crippen molar-refractivity contribution in [2.75, 3.05) is 18.9 Å². The number of likely N-dealkylation sites (N-methyl/N-ethyl adjacent to an activating group) is 1. The maximum Gasteiger partial charge on any atom is 0.387 e. The highest BCUT2D eigenvalue weighted by atomic mass is 35.5. The summed E-state index contributed by atoms with van der Waals surface area (Å²) >= 11 is 5.76. The van der Waals surface area contributed by atoms with Crippen LogP contribution in [0.4, 0.5) is 19.3 Å². The summed E-state index contributed by atoms with van der Waals surface area (Å²) in [4.78, 5) is 13.5. The number of carbonyl (C=O) groups excluding carboxylic acids is 1. The van der Waals surface area contributed by atoms with Crippen LogP contribution in [0.25, 0.3) is 0 Å². The van der Waals surface area contributed by atoms with Crippen molar-refractivity contribution in [3.05, 3.63) is 23.2 Å². The number of hydrogen-bond acceptors (Lipinski definition) is 3.